The zero-order chi connectivity index (χ0) is 70.8. The van der Waals surface area contributed by atoms with Crippen molar-refractivity contribution in [2.24, 2.45) is 40.9 Å². The summed E-state index contributed by atoms with van der Waals surface area (Å²) in [5.41, 5.74) is 0.751. The minimum absolute atomic E-state index is 0.192. The maximum Gasteiger partial charge on any atom is 0.297 e. The van der Waals surface area contributed by atoms with E-state index >= 15 is 0 Å². The van der Waals surface area contributed by atoms with Crippen LogP contribution in [0.5, 0.6) is 17.2 Å². The minimum atomic E-state index is -5.90. The highest BCUT2D eigenvalue weighted by Crippen LogP contribution is 2.52. The van der Waals surface area contributed by atoms with Gasteiger partial charge in [-0.25, -0.2) is 0 Å². The van der Waals surface area contributed by atoms with Gasteiger partial charge in [0.25, 0.3) is 91.1 Å². The predicted molar refractivity (Wildman–Crippen MR) is 321 cm³/mol. The van der Waals surface area contributed by atoms with Crippen LogP contribution in [0.2, 0.25) is 0 Å². The van der Waals surface area contributed by atoms with Crippen molar-refractivity contribution in [3.8, 4) is 17.2 Å². The molecule has 0 aliphatic carbocycles. The zero-order valence-electron chi connectivity index (χ0n) is 45.4. The van der Waals surface area contributed by atoms with Gasteiger partial charge in [-0.15, -0.1) is 40.9 Å². The number of fused-ring (bicyclic) bond motifs is 4. The molecule has 0 radical (unpaired) electrons. The third-order valence-electron chi connectivity index (χ3n) is 13.0. The molecule has 0 aliphatic rings. The van der Waals surface area contributed by atoms with E-state index in [1.807, 2.05) is 0 Å². The Bertz CT molecular complexity index is 6230. The van der Waals surface area contributed by atoms with Crippen LogP contribution in [-0.2, 0) is 91.1 Å². The molecule has 9 rings (SSSR count). The van der Waals surface area contributed by atoms with Gasteiger partial charge in [-0.2, -0.15) is 75.8 Å². The molecular formula is C46H32N10O30S9. The lowest BCUT2D eigenvalue weighted by Crippen LogP contribution is -2.04. The number of hydrogen-bond donors (Lipinski definition) is 14. The summed E-state index contributed by atoms with van der Waals surface area (Å²) in [6.07, 6.45) is 0. The van der Waals surface area contributed by atoms with Gasteiger partial charge in [0.1, 0.15) is 89.6 Å². The number of phenolic OH excluding ortho intramolecular Hbond substituents is 3. The topological polar surface area (TPSA) is 701 Å². The van der Waals surface area contributed by atoms with Gasteiger partial charge in [0.15, 0.2) is 17.2 Å². The van der Waals surface area contributed by atoms with Crippen molar-refractivity contribution in [1.82, 2.24) is 0 Å². The Morgan fingerprint density at radius 3 is 1.13 bits per heavy atom. The molecule has 16 N–H and O–H groups in total. The highest BCUT2D eigenvalue weighted by molar-refractivity contribution is 7.88. The Hall–Kier alpha value is -9.39. The fourth-order valence-corrected chi connectivity index (χ4v) is 15.5. The van der Waals surface area contributed by atoms with Crippen LogP contribution >= 0.6 is 0 Å². The molecule has 0 bridgehead atoms. The van der Waals surface area contributed by atoms with Crippen LogP contribution in [0.4, 0.5) is 56.9 Å². The van der Waals surface area contributed by atoms with Crippen molar-refractivity contribution >= 4 is 191 Å². The predicted octanol–water partition coefficient (Wildman–Crippen LogP) is 7.46. The van der Waals surface area contributed by atoms with Crippen molar-refractivity contribution in [3.63, 3.8) is 0 Å². The van der Waals surface area contributed by atoms with Gasteiger partial charge in [0.05, 0.1) is 11.1 Å². The van der Waals surface area contributed by atoms with E-state index in [-0.39, 0.29) is 23.9 Å². The lowest BCUT2D eigenvalue weighted by atomic mass is 10.0. The van der Waals surface area contributed by atoms with Crippen molar-refractivity contribution in [2.45, 2.75) is 44.1 Å². The highest BCUT2D eigenvalue weighted by Gasteiger charge is 2.33. The summed E-state index contributed by atoms with van der Waals surface area (Å²) >= 11 is 0. The number of nitrogens with zero attached hydrogens (tertiary/aromatic N) is 8. The quantitative estimate of drug-likeness (QED) is 0.0239. The summed E-state index contributed by atoms with van der Waals surface area (Å²) in [5.74, 6) is -4.48. The van der Waals surface area contributed by atoms with Crippen LogP contribution in [0.3, 0.4) is 0 Å². The molecule has 0 aromatic heterocycles. The van der Waals surface area contributed by atoms with E-state index in [0.29, 0.717) is 42.5 Å². The van der Waals surface area contributed by atoms with Gasteiger partial charge in [-0.3, -0.25) is 41.0 Å². The number of benzene rings is 9. The number of phenols is 3. The first-order valence-electron chi connectivity index (χ1n) is 24.1. The molecule has 49 heteroatoms. The molecule has 9 aromatic carbocycles. The number of anilines is 2. The Morgan fingerprint density at radius 2 is 0.642 bits per heavy atom. The summed E-state index contributed by atoms with van der Waals surface area (Å²) in [6.45, 7) is 0. The number of aromatic hydroxyl groups is 3. The highest BCUT2D eigenvalue weighted by atomic mass is 32.3. The van der Waals surface area contributed by atoms with Gasteiger partial charge in [-0.05, 0) is 89.6 Å². The van der Waals surface area contributed by atoms with Gasteiger partial charge >= 0.3 is 0 Å². The molecule has 9 aromatic rings. The summed E-state index contributed by atoms with van der Waals surface area (Å²) in [7, 11) is -50.2. The van der Waals surface area contributed by atoms with E-state index in [1.54, 1.807) is 0 Å². The molecule has 0 heterocycles. The third-order valence-corrected chi connectivity index (χ3v) is 21.1. The van der Waals surface area contributed by atoms with E-state index < -0.39 is 247 Å². The van der Waals surface area contributed by atoms with Gasteiger partial charge < -0.3 is 26.8 Å². The maximum absolute atomic E-state index is 13.2. The van der Waals surface area contributed by atoms with Crippen LogP contribution < -0.4 is 11.5 Å². The smallest absolute Gasteiger partial charge is 0.297 e. The zero-order valence-corrected chi connectivity index (χ0v) is 52.7. The van der Waals surface area contributed by atoms with Crippen LogP contribution in [0.15, 0.2) is 182 Å². The fourth-order valence-electron chi connectivity index (χ4n) is 9.17. The van der Waals surface area contributed by atoms with Gasteiger partial charge in [0, 0.05) is 32.6 Å². The molecule has 0 unspecified atom stereocenters. The van der Waals surface area contributed by atoms with E-state index in [4.69, 9.17) is 11.5 Å². The third kappa shape index (κ3) is 13.7. The summed E-state index contributed by atoms with van der Waals surface area (Å²) < 4.78 is 320. The van der Waals surface area contributed by atoms with Crippen molar-refractivity contribution < 1.29 is 132 Å². The summed E-state index contributed by atoms with van der Waals surface area (Å²) in [5, 5.41) is 56.2. The number of nitrogens with two attached hydrogens (primary N) is 2. The van der Waals surface area contributed by atoms with Crippen LogP contribution in [0.1, 0.15) is 0 Å². The fraction of sp³-hybridized carbons (Fsp3) is 0. The van der Waals surface area contributed by atoms with Crippen molar-refractivity contribution in [2.75, 3.05) is 11.5 Å². The molecule has 0 saturated heterocycles. The average molecular weight is 1490 g/mol. The molecule has 0 fully saturated rings. The van der Waals surface area contributed by atoms with Crippen LogP contribution in [-0.4, -0.2) is 132 Å². The largest absolute Gasteiger partial charge is 0.505 e. The van der Waals surface area contributed by atoms with Crippen molar-refractivity contribution in [1.29, 1.82) is 0 Å². The first-order chi connectivity index (χ1) is 43.4. The standard InChI is InChI=1S/C46H32N10O30S9/c47-19-4-7-25(31(14-19)89(66,67)68)49-54-39-33(91(72,73)74)11-17-10-30(88(63,64)65)28(15-23(17)43(39)58)52-56-41-34(92(75,76)77)13-18-12-32(90(69,70)71)38(37(48)36(18)44(41)59)53-50-27-9-6-21-24(46(27)95(84,85)86)16-35(93(78,79)80)40(42(21)57)55-51-26-8-5-20-22(45(26)94(81,82)83)2-1-3-29(20)87(60,61)62/h1-16,57-59H,47-48H2,(H,60,61,62)(H,63,64,65)(H,66,67,68)(H,69,70,71)(H,72,73,74)(H,75,76,77)(H,78,79,80)(H,81,82,83)(H,84,85,86). The first-order valence-corrected chi connectivity index (χ1v) is 37.0. The minimum Gasteiger partial charge on any atom is -0.505 e. The van der Waals surface area contributed by atoms with E-state index in [9.17, 15) is 132 Å². The molecule has 0 aliphatic heterocycles. The average Bonchev–Trinajstić information content (AvgIpc) is 0.754. The molecule has 500 valence electrons. The van der Waals surface area contributed by atoms with Crippen LogP contribution in [0.25, 0.3) is 43.1 Å². The second-order valence-corrected chi connectivity index (χ2v) is 31.5. The second kappa shape index (κ2) is 23.5. The molecule has 0 amide bonds. The first kappa shape index (κ1) is 69.9. The number of azo groups is 4. The summed E-state index contributed by atoms with van der Waals surface area (Å²) in [6, 6.07) is 9.95. The lowest BCUT2D eigenvalue weighted by molar-refractivity contribution is 0.471. The lowest BCUT2D eigenvalue weighted by Gasteiger charge is -2.15. The second-order valence-electron chi connectivity index (χ2n) is 19.1. The van der Waals surface area contributed by atoms with Crippen molar-refractivity contribution in [3.05, 3.63) is 97.1 Å². The monoisotopic (exact) mass is 1490 g/mol. The SMILES string of the molecule is Nc1ccc(N=Nc2c(S(=O)(=O)O)cc3cc(S(=O)(=O)O)c(N=Nc4c(S(=O)(=O)O)cc5cc(S(=O)(=O)O)c(N=Nc6ccc7c(O)c(N=Nc8ccc9c(S(=O)(=O)O)cccc9c8S(=O)(=O)O)c(S(=O)(=O)O)cc7c6S(=O)(=O)O)c(N)c5c4O)cc3c2O)c(S(=O)(=O)O)c1. The molecule has 0 saturated carbocycles. The Morgan fingerprint density at radius 1 is 0.274 bits per heavy atom. The number of nitrogen functional groups attached to an aromatic ring is 2. The normalized spacial score (nSPS) is 13.7. The number of rotatable bonds is 17. The Balaban J connectivity index is 1.22. The molecule has 0 atom stereocenters. The van der Waals surface area contributed by atoms with E-state index in [1.165, 1.54) is 0 Å². The molecule has 40 nitrogen and oxygen atoms in total. The number of hydrogen-bond acceptors (Lipinski definition) is 31. The van der Waals surface area contributed by atoms with E-state index in [0.717, 1.165) is 36.4 Å². The molecular weight excluding hydrogens is 1460 g/mol. The molecule has 0 spiro atoms. The van der Waals surface area contributed by atoms with Crippen LogP contribution in [0, 0.1) is 0 Å². The summed E-state index contributed by atoms with van der Waals surface area (Å²) in [4.78, 5) is -12.2. The Labute approximate surface area is 530 Å². The Kier molecular flexibility index (Phi) is 17.3. The maximum atomic E-state index is 13.2. The van der Waals surface area contributed by atoms with Gasteiger partial charge in [0.2, 0.25) is 0 Å². The van der Waals surface area contributed by atoms with Gasteiger partial charge in [-0.1, -0.05) is 18.2 Å². The molecule has 95 heavy (non-hydrogen) atoms. The van der Waals surface area contributed by atoms with E-state index in [2.05, 4.69) is 40.9 Å².